The smallest absolute Gasteiger partial charge is 0.421 e. The van der Waals surface area contributed by atoms with E-state index in [0.717, 1.165) is 41.0 Å². The second-order valence-corrected chi connectivity index (χ2v) is 12.9. The number of hydrogen-bond acceptors (Lipinski definition) is 8. The van der Waals surface area contributed by atoms with Crippen molar-refractivity contribution in [2.24, 2.45) is 0 Å². The number of benzene rings is 3. The van der Waals surface area contributed by atoms with Crippen molar-refractivity contribution < 1.29 is 19.1 Å². The molecule has 10 nitrogen and oxygen atoms in total. The predicted octanol–water partition coefficient (Wildman–Crippen LogP) is 7.77. The van der Waals surface area contributed by atoms with E-state index < -0.39 is 29.3 Å². The van der Waals surface area contributed by atoms with Crippen LogP contribution in [0.5, 0.6) is 0 Å². The van der Waals surface area contributed by atoms with Gasteiger partial charge in [-0.1, -0.05) is 54.6 Å². The fourth-order valence-electron chi connectivity index (χ4n) is 4.57. The van der Waals surface area contributed by atoms with Crippen LogP contribution in [-0.2, 0) is 22.3 Å². The van der Waals surface area contributed by atoms with Crippen LogP contribution in [0.4, 0.5) is 21.0 Å². The average Bonchev–Trinajstić information content (AvgIpc) is 2.96. The molecule has 4 rings (SSSR count). The molecule has 46 heavy (non-hydrogen) atoms. The van der Waals surface area contributed by atoms with Crippen LogP contribution in [0.25, 0.3) is 22.6 Å². The van der Waals surface area contributed by atoms with E-state index in [1.54, 1.807) is 65.8 Å². The highest BCUT2D eigenvalue weighted by Crippen LogP contribution is 2.27. The lowest BCUT2D eigenvalue weighted by atomic mass is 10.0. The number of aromatic nitrogens is 2. The van der Waals surface area contributed by atoms with Gasteiger partial charge in [0.25, 0.3) is 0 Å². The van der Waals surface area contributed by atoms with E-state index in [4.69, 9.17) is 30.6 Å². The van der Waals surface area contributed by atoms with Crippen molar-refractivity contribution >= 4 is 29.5 Å². The number of rotatable bonds is 7. The molecule has 4 N–H and O–H groups in total. The summed E-state index contributed by atoms with van der Waals surface area (Å²) in [5.41, 5.74) is 9.81. The third kappa shape index (κ3) is 9.88. The van der Waals surface area contributed by atoms with Crippen LogP contribution in [0.3, 0.4) is 0 Å². The van der Waals surface area contributed by atoms with Crippen LogP contribution in [0.15, 0.2) is 84.9 Å². The van der Waals surface area contributed by atoms with Crippen molar-refractivity contribution in [3.05, 3.63) is 96.2 Å². The van der Waals surface area contributed by atoms with Gasteiger partial charge in [-0.05, 0) is 96.7 Å². The second-order valence-electron chi connectivity index (χ2n) is 12.9. The van der Waals surface area contributed by atoms with Crippen LogP contribution in [-0.4, -0.2) is 39.3 Å². The van der Waals surface area contributed by atoms with E-state index in [-0.39, 0.29) is 0 Å². The number of amides is 2. The summed E-state index contributed by atoms with van der Waals surface area (Å²) in [5, 5.41) is 10.9. The highest BCUT2D eigenvalue weighted by molar-refractivity contribution is 6.16. The van der Waals surface area contributed by atoms with Gasteiger partial charge in [0.2, 0.25) is 5.96 Å². The summed E-state index contributed by atoms with van der Waals surface area (Å²) >= 11 is 0. The highest BCUT2D eigenvalue weighted by atomic mass is 16.6. The number of guanidine groups is 1. The second kappa shape index (κ2) is 14.2. The van der Waals surface area contributed by atoms with Crippen molar-refractivity contribution in [1.29, 1.82) is 5.41 Å². The fraction of sp³-hybridized carbons (Fsp3) is 0.306. The third-order valence-corrected chi connectivity index (χ3v) is 6.51. The van der Waals surface area contributed by atoms with Crippen LogP contribution in [0.2, 0.25) is 0 Å². The standard InChI is InChI=1S/C36H42N6O4/c1-35(2,3)45-33(43)41-32(38)42(34(44)46-36(4,5)6)29-20-18-25(19-21-29)30-23-28(17-10-14-24-12-8-7-9-13-24)39-31(40-30)26-15-11-16-27(37)22-26/h7-9,11-13,15-16,18-23H,10,14,17,37H2,1-6H3,(H2,38,41,43). The Morgan fingerprint density at radius 3 is 2.11 bits per heavy atom. The molecule has 1 aromatic heterocycles. The molecule has 0 aliphatic heterocycles. The maximum absolute atomic E-state index is 13.2. The number of alkyl carbamates (subject to hydrolysis) is 1. The minimum atomic E-state index is -0.863. The Morgan fingerprint density at radius 1 is 0.804 bits per heavy atom. The van der Waals surface area contributed by atoms with Gasteiger partial charge in [-0.15, -0.1) is 0 Å². The Kier molecular flexibility index (Phi) is 10.4. The van der Waals surface area contributed by atoms with E-state index in [1.807, 2.05) is 48.5 Å². The molecule has 0 fully saturated rings. The van der Waals surface area contributed by atoms with Crippen molar-refractivity contribution in [3.63, 3.8) is 0 Å². The first-order valence-electron chi connectivity index (χ1n) is 15.2. The van der Waals surface area contributed by atoms with Crippen molar-refractivity contribution in [1.82, 2.24) is 15.3 Å². The SMILES string of the molecule is CC(C)(C)OC(=O)NC(=N)N(C(=O)OC(C)(C)C)c1ccc(-c2cc(CCCc3ccccc3)nc(-c3cccc(N)c3)n2)cc1. The fourth-order valence-corrected chi connectivity index (χ4v) is 4.57. The molecule has 0 atom stereocenters. The first kappa shape index (κ1) is 33.6. The molecule has 0 saturated heterocycles. The maximum Gasteiger partial charge on any atom is 0.421 e. The van der Waals surface area contributed by atoms with Crippen LogP contribution in [0.1, 0.15) is 59.2 Å². The molecule has 4 aromatic rings. The molecule has 0 radical (unpaired) electrons. The molecule has 3 aromatic carbocycles. The molecular formula is C36H42N6O4. The molecule has 0 bridgehead atoms. The molecule has 0 spiro atoms. The molecular weight excluding hydrogens is 580 g/mol. The van der Waals surface area contributed by atoms with E-state index >= 15 is 0 Å². The van der Waals surface area contributed by atoms with Crippen LogP contribution in [0, 0.1) is 5.41 Å². The largest absolute Gasteiger partial charge is 0.444 e. The van der Waals surface area contributed by atoms with Gasteiger partial charge in [-0.25, -0.2) is 24.5 Å². The van der Waals surface area contributed by atoms with Crippen LogP contribution >= 0.6 is 0 Å². The van der Waals surface area contributed by atoms with Gasteiger partial charge in [-0.2, -0.15) is 0 Å². The lowest BCUT2D eigenvalue weighted by Gasteiger charge is -2.28. The summed E-state index contributed by atoms with van der Waals surface area (Å²) in [6.07, 6.45) is 0.891. The summed E-state index contributed by atoms with van der Waals surface area (Å²) in [7, 11) is 0. The first-order chi connectivity index (χ1) is 21.7. The van der Waals surface area contributed by atoms with Crippen molar-refractivity contribution in [3.8, 4) is 22.6 Å². The quantitative estimate of drug-likeness (QED) is 0.108. The summed E-state index contributed by atoms with van der Waals surface area (Å²) < 4.78 is 10.8. The Bertz CT molecular complexity index is 1680. The van der Waals surface area contributed by atoms with E-state index in [1.165, 1.54) is 5.56 Å². The normalized spacial score (nSPS) is 11.4. The number of anilines is 2. The molecule has 0 aliphatic rings. The minimum Gasteiger partial charge on any atom is -0.444 e. The number of nitrogens with zero attached hydrogens (tertiary/aromatic N) is 3. The number of carbonyl (C=O) groups is 2. The van der Waals surface area contributed by atoms with E-state index in [2.05, 4.69) is 17.4 Å². The number of nitrogen functional groups attached to an aromatic ring is 1. The Morgan fingerprint density at radius 2 is 1.48 bits per heavy atom. The lowest BCUT2D eigenvalue weighted by molar-refractivity contribution is 0.0559. The molecule has 0 aliphatic carbocycles. The highest BCUT2D eigenvalue weighted by Gasteiger charge is 2.29. The summed E-state index contributed by atoms with van der Waals surface area (Å²) in [5.74, 6) is 0.0465. The monoisotopic (exact) mass is 622 g/mol. The van der Waals surface area contributed by atoms with Crippen molar-refractivity contribution in [2.45, 2.75) is 72.0 Å². The Balaban J connectivity index is 1.65. The molecule has 0 saturated carbocycles. The topological polar surface area (TPSA) is 144 Å². The van der Waals surface area contributed by atoms with Gasteiger partial charge in [0.1, 0.15) is 11.2 Å². The first-order valence-corrected chi connectivity index (χ1v) is 15.2. The summed E-state index contributed by atoms with van der Waals surface area (Å²) in [4.78, 5) is 36.4. The average molecular weight is 623 g/mol. The molecule has 2 amide bonds. The number of ether oxygens (including phenoxy) is 2. The number of nitrogens with one attached hydrogen (secondary N) is 2. The number of carbonyl (C=O) groups excluding carboxylic acids is 2. The van der Waals surface area contributed by atoms with Crippen molar-refractivity contribution in [2.75, 3.05) is 10.6 Å². The Labute approximate surface area is 270 Å². The molecule has 1 heterocycles. The summed E-state index contributed by atoms with van der Waals surface area (Å²) in [6.45, 7) is 10.3. The zero-order chi connectivity index (χ0) is 33.5. The number of nitrogens with two attached hydrogens (primary N) is 1. The van der Waals surface area contributed by atoms with Gasteiger partial charge < -0.3 is 15.2 Å². The van der Waals surface area contributed by atoms with Gasteiger partial charge in [0.05, 0.1) is 11.4 Å². The lowest BCUT2D eigenvalue weighted by Crippen LogP contribution is -2.49. The van der Waals surface area contributed by atoms with Gasteiger partial charge in [0, 0.05) is 22.5 Å². The van der Waals surface area contributed by atoms with E-state index in [0.29, 0.717) is 22.9 Å². The van der Waals surface area contributed by atoms with Crippen LogP contribution < -0.4 is 16.0 Å². The molecule has 240 valence electrons. The number of aryl methyl sites for hydroxylation is 2. The summed E-state index contributed by atoms with van der Waals surface area (Å²) in [6, 6.07) is 26.7. The minimum absolute atomic E-state index is 0.312. The predicted molar refractivity (Wildman–Crippen MR) is 182 cm³/mol. The molecule has 10 heteroatoms. The van der Waals surface area contributed by atoms with Gasteiger partial charge in [0.15, 0.2) is 5.82 Å². The number of hydrogen-bond donors (Lipinski definition) is 3. The zero-order valence-corrected chi connectivity index (χ0v) is 27.3. The van der Waals surface area contributed by atoms with Gasteiger partial charge in [-0.3, -0.25) is 10.7 Å². The van der Waals surface area contributed by atoms with Gasteiger partial charge >= 0.3 is 12.2 Å². The zero-order valence-electron chi connectivity index (χ0n) is 27.3. The third-order valence-electron chi connectivity index (χ3n) is 6.51. The maximum atomic E-state index is 13.2. The Hall–Kier alpha value is -5.25. The van der Waals surface area contributed by atoms with E-state index in [9.17, 15) is 9.59 Å². The molecule has 0 unspecified atom stereocenters.